The van der Waals surface area contributed by atoms with Gasteiger partial charge in [-0.25, -0.2) is 0 Å². The first kappa shape index (κ1) is 14.6. The highest BCUT2D eigenvalue weighted by molar-refractivity contribution is 9.10. The van der Waals surface area contributed by atoms with E-state index in [4.69, 9.17) is 21.9 Å². The number of nitrogen functional groups attached to an aromatic ring is 1. The maximum Gasteiger partial charge on any atom is 0.261 e. The van der Waals surface area contributed by atoms with Gasteiger partial charge in [0.05, 0.1) is 15.6 Å². The Hall–Kier alpha value is -1.37. The summed E-state index contributed by atoms with van der Waals surface area (Å²) in [5.74, 6) is 0.940. The Bertz CT molecular complexity index is 799. The number of aromatic nitrogens is 2. The number of rotatable bonds is 3. The van der Waals surface area contributed by atoms with Crippen molar-refractivity contribution in [2.24, 2.45) is 0 Å². The predicted molar refractivity (Wildman–Crippen MR) is 89.5 cm³/mol. The van der Waals surface area contributed by atoms with Crippen LogP contribution in [0.2, 0.25) is 5.02 Å². The van der Waals surface area contributed by atoms with Crippen LogP contribution < -0.4 is 5.73 Å². The summed E-state index contributed by atoms with van der Waals surface area (Å²) in [4.78, 5) is 5.61. The molecule has 0 aliphatic heterocycles. The van der Waals surface area contributed by atoms with Crippen molar-refractivity contribution >= 4 is 43.9 Å². The van der Waals surface area contributed by atoms with Gasteiger partial charge in [0, 0.05) is 14.9 Å². The fraction of sp³-hybridized carbons (Fsp3) is 0.143. The Balaban J connectivity index is 1.99. The van der Waals surface area contributed by atoms with Crippen molar-refractivity contribution in [1.29, 1.82) is 0 Å². The van der Waals surface area contributed by atoms with E-state index in [-0.39, 0.29) is 0 Å². The summed E-state index contributed by atoms with van der Waals surface area (Å²) in [6.07, 6.45) is 0.931. The molecule has 0 spiro atoms. The van der Waals surface area contributed by atoms with E-state index in [2.05, 4.69) is 33.0 Å². The van der Waals surface area contributed by atoms with Gasteiger partial charge in [-0.05, 0) is 46.6 Å². The summed E-state index contributed by atoms with van der Waals surface area (Å²) < 4.78 is 6.12. The Kier molecular flexibility index (Phi) is 4.01. The van der Waals surface area contributed by atoms with Gasteiger partial charge in [-0.15, -0.1) is 11.3 Å². The van der Waals surface area contributed by atoms with Gasteiger partial charge in [-0.1, -0.05) is 23.7 Å². The van der Waals surface area contributed by atoms with Gasteiger partial charge in [0.2, 0.25) is 5.82 Å². The predicted octanol–water partition coefficient (Wildman–Crippen LogP) is 5.03. The minimum Gasteiger partial charge on any atom is -0.390 e. The van der Waals surface area contributed by atoms with E-state index in [0.29, 0.717) is 21.7 Å². The molecule has 2 N–H and O–H groups in total. The number of nitrogens with two attached hydrogens (primary N) is 1. The second-order valence-electron chi connectivity index (χ2n) is 4.40. The topological polar surface area (TPSA) is 64.9 Å². The van der Waals surface area contributed by atoms with E-state index in [1.165, 1.54) is 4.88 Å². The molecule has 108 valence electrons. The van der Waals surface area contributed by atoms with Crippen molar-refractivity contribution in [3.05, 3.63) is 38.6 Å². The molecule has 0 aliphatic carbocycles. The van der Waals surface area contributed by atoms with Crippen molar-refractivity contribution in [3.63, 3.8) is 0 Å². The van der Waals surface area contributed by atoms with E-state index in [9.17, 15) is 0 Å². The fourth-order valence-electron chi connectivity index (χ4n) is 1.88. The van der Waals surface area contributed by atoms with Crippen molar-refractivity contribution in [1.82, 2.24) is 10.1 Å². The molecule has 0 saturated heterocycles. The molecule has 0 saturated carbocycles. The second-order valence-corrected chi connectivity index (χ2v) is 6.83. The smallest absolute Gasteiger partial charge is 0.261 e. The number of aryl methyl sites for hydroxylation is 1. The first-order chi connectivity index (χ1) is 10.1. The molecule has 0 aliphatic rings. The van der Waals surface area contributed by atoms with Crippen LogP contribution in [-0.2, 0) is 6.42 Å². The summed E-state index contributed by atoms with van der Waals surface area (Å²) >= 11 is 10.9. The molecule has 3 rings (SSSR count). The van der Waals surface area contributed by atoms with Crippen molar-refractivity contribution in [2.45, 2.75) is 13.3 Å². The monoisotopic (exact) mass is 383 g/mol. The molecule has 4 nitrogen and oxygen atoms in total. The van der Waals surface area contributed by atoms with Crippen LogP contribution in [0.4, 0.5) is 5.00 Å². The lowest BCUT2D eigenvalue weighted by Gasteiger charge is -1.97. The Morgan fingerprint density at radius 2 is 2.19 bits per heavy atom. The zero-order chi connectivity index (χ0) is 15.0. The average molecular weight is 385 g/mol. The molecule has 2 heterocycles. The number of hydrogen-bond donors (Lipinski definition) is 1. The highest BCUT2D eigenvalue weighted by atomic mass is 79.9. The minimum atomic E-state index is 0.435. The highest BCUT2D eigenvalue weighted by Crippen LogP contribution is 2.34. The van der Waals surface area contributed by atoms with Gasteiger partial charge in [0.15, 0.2) is 0 Å². The number of anilines is 1. The molecule has 0 bridgehead atoms. The lowest BCUT2D eigenvalue weighted by atomic mass is 10.2. The number of thiophene rings is 1. The van der Waals surface area contributed by atoms with Gasteiger partial charge < -0.3 is 10.3 Å². The van der Waals surface area contributed by atoms with Crippen LogP contribution in [0.25, 0.3) is 22.8 Å². The number of benzene rings is 1. The molecule has 1 aromatic carbocycles. The molecule has 0 unspecified atom stereocenters. The second kappa shape index (κ2) is 5.79. The first-order valence-corrected chi connectivity index (χ1v) is 8.25. The third kappa shape index (κ3) is 2.84. The molecular weight excluding hydrogens is 374 g/mol. The highest BCUT2D eigenvalue weighted by Gasteiger charge is 2.16. The van der Waals surface area contributed by atoms with Gasteiger partial charge >= 0.3 is 0 Å². The molecule has 3 aromatic rings. The Morgan fingerprint density at radius 1 is 1.38 bits per heavy atom. The summed E-state index contributed by atoms with van der Waals surface area (Å²) in [7, 11) is 0. The molecule has 0 radical (unpaired) electrons. The van der Waals surface area contributed by atoms with Crippen molar-refractivity contribution in [2.75, 3.05) is 5.73 Å². The maximum absolute atomic E-state index is 6.01. The molecule has 2 aromatic heterocycles. The quantitative estimate of drug-likeness (QED) is 0.688. The van der Waals surface area contributed by atoms with Crippen molar-refractivity contribution in [3.8, 4) is 22.8 Å². The van der Waals surface area contributed by atoms with Crippen LogP contribution in [0, 0.1) is 0 Å². The van der Waals surface area contributed by atoms with Crippen molar-refractivity contribution < 1.29 is 4.52 Å². The summed E-state index contributed by atoms with van der Waals surface area (Å²) in [5, 5.41) is 5.34. The van der Waals surface area contributed by atoms with Crippen LogP contribution in [0.5, 0.6) is 0 Å². The van der Waals surface area contributed by atoms with Crippen LogP contribution in [-0.4, -0.2) is 10.1 Å². The van der Waals surface area contributed by atoms with Gasteiger partial charge in [0.1, 0.15) is 0 Å². The number of nitrogens with zero attached hydrogens (tertiary/aromatic N) is 2. The molecule has 0 fully saturated rings. The van der Waals surface area contributed by atoms with Gasteiger partial charge in [-0.2, -0.15) is 4.98 Å². The average Bonchev–Trinajstić information content (AvgIpc) is 3.08. The zero-order valence-corrected chi connectivity index (χ0v) is 14.2. The first-order valence-electron chi connectivity index (χ1n) is 6.26. The van der Waals surface area contributed by atoms with Crippen LogP contribution >= 0.6 is 38.9 Å². The Morgan fingerprint density at radius 3 is 2.86 bits per heavy atom. The van der Waals surface area contributed by atoms with E-state index >= 15 is 0 Å². The van der Waals surface area contributed by atoms with E-state index in [0.717, 1.165) is 22.0 Å². The van der Waals surface area contributed by atoms with Gasteiger partial charge in [-0.3, -0.25) is 0 Å². The third-order valence-corrected chi connectivity index (χ3v) is 5.32. The molecule has 0 amide bonds. The molecule has 21 heavy (non-hydrogen) atoms. The summed E-state index contributed by atoms with van der Waals surface area (Å²) in [5.41, 5.74) is 7.63. The molecule has 7 heteroatoms. The normalized spacial score (nSPS) is 11.0. The molecular formula is C14H11BrClN3OS. The number of halogens is 2. The van der Waals surface area contributed by atoms with E-state index in [1.807, 2.05) is 18.2 Å². The fourth-order valence-corrected chi connectivity index (χ4v) is 3.24. The summed E-state index contributed by atoms with van der Waals surface area (Å²) in [6.45, 7) is 2.08. The SMILES string of the molecule is CCc1cc(-c2nc(-c3ccc(Cl)c(Br)c3)no2)c(N)s1. The maximum atomic E-state index is 6.01. The summed E-state index contributed by atoms with van der Waals surface area (Å²) in [6, 6.07) is 7.47. The van der Waals surface area contributed by atoms with Crippen LogP contribution in [0.15, 0.2) is 33.3 Å². The van der Waals surface area contributed by atoms with E-state index in [1.54, 1.807) is 17.4 Å². The number of hydrogen-bond acceptors (Lipinski definition) is 5. The lowest BCUT2D eigenvalue weighted by Crippen LogP contribution is -1.84. The largest absolute Gasteiger partial charge is 0.390 e. The van der Waals surface area contributed by atoms with Gasteiger partial charge in [0.25, 0.3) is 5.89 Å². The Labute approximate surface area is 139 Å². The van der Waals surface area contributed by atoms with E-state index < -0.39 is 0 Å². The third-order valence-electron chi connectivity index (χ3n) is 2.99. The van der Waals surface area contributed by atoms with Crippen LogP contribution in [0.3, 0.4) is 0 Å². The standard InChI is InChI=1S/C14H11BrClN3OS/c1-2-8-6-9(12(17)21-8)14-18-13(19-20-14)7-3-4-11(16)10(15)5-7/h3-6H,2,17H2,1H3. The van der Waals surface area contributed by atoms with Crippen LogP contribution in [0.1, 0.15) is 11.8 Å². The molecule has 0 atom stereocenters. The minimum absolute atomic E-state index is 0.435. The lowest BCUT2D eigenvalue weighted by molar-refractivity contribution is 0.432. The zero-order valence-electron chi connectivity index (χ0n) is 11.1.